The van der Waals surface area contributed by atoms with Gasteiger partial charge in [-0.1, -0.05) is 6.07 Å². The van der Waals surface area contributed by atoms with Gasteiger partial charge in [0.2, 0.25) is 5.95 Å². The van der Waals surface area contributed by atoms with Crippen LogP contribution in [0.25, 0.3) is 17.0 Å². The Morgan fingerprint density at radius 2 is 1.97 bits per heavy atom. The first kappa shape index (κ1) is 17.6. The van der Waals surface area contributed by atoms with E-state index in [0.717, 1.165) is 0 Å². The number of benzene rings is 2. The van der Waals surface area contributed by atoms with Crippen molar-refractivity contribution in [3.63, 3.8) is 0 Å². The molecule has 8 nitrogen and oxygen atoms in total. The Morgan fingerprint density at radius 1 is 1.07 bits per heavy atom. The second kappa shape index (κ2) is 6.55. The van der Waals surface area contributed by atoms with Gasteiger partial charge in [-0.15, -0.1) is 10.6 Å². The number of rotatable bonds is 4. The highest BCUT2D eigenvalue weighted by molar-refractivity contribution is 8.27. The van der Waals surface area contributed by atoms with Crippen LogP contribution in [0.4, 0.5) is 27.7 Å². The lowest BCUT2D eigenvalue weighted by Crippen LogP contribution is -2.02. The molecule has 0 unspecified atom stereocenters. The molecule has 29 heavy (non-hydrogen) atoms. The summed E-state index contributed by atoms with van der Waals surface area (Å²) in [5.41, 5.74) is 2.04. The molecule has 4 aromatic rings. The summed E-state index contributed by atoms with van der Waals surface area (Å²) in [6.45, 7) is 0. The fourth-order valence-corrected chi connectivity index (χ4v) is 4.39. The number of nitrogens with one attached hydrogen (secondary N) is 3. The molecular weight excluding hydrogens is 395 g/mol. The minimum absolute atomic E-state index is 0.311. The number of fused-ring (bicyclic) bond motifs is 2. The van der Waals surface area contributed by atoms with Crippen molar-refractivity contribution in [2.75, 3.05) is 10.6 Å². The van der Waals surface area contributed by atoms with E-state index in [2.05, 4.69) is 30.8 Å². The minimum Gasteiger partial charge on any atom is -0.323 e. The van der Waals surface area contributed by atoms with E-state index in [-0.39, 0.29) is 5.82 Å². The predicted molar refractivity (Wildman–Crippen MR) is 111 cm³/mol. The molecule has 0 saturated carbocycles. The van der Waals surface area contributed by atoms with E-state index in [0.29, 0.717) is 44.6 Å². The molecule has 0 amide bonds. The van der Waals surface area contributed by atoms with E-state index in [1.54, 1.807) is 42.6 Å². The first-order valence-electron chi connectivity index (χ1n) is 8.60. The Bertz CT molecular complexity index is 1270. The molecule has 5 rings (SSSR count). The Morgan fingerprint density at radius 3 is 2.86 bits per heavy atom. The Kier molecular flexibility index (Phi) is 3.98. The van der Waals surface area contributed by atoms with Gasteiger partial charge in [-0.3, -0.25) is 14.2 Å². The van der Waals surface area contributed by atoms with Crippen LogP contribution in [0.5, 0.6) is 0 Å². The van der Waals surface area contributed by atoms with Crippen molar-refractivity contribution in [2.24, 2.45) is 0 Å². The van der Waals surface area contributed by atoms with Crippen molar-refractivity contribution >= 4 is 50.8 Å². The highest BCUT2D eigenvalue weighted by Crippen LogP contribution is 2.57. The van der Waals surface area contributed by atoms with Crippen LogP contribution >= 0.6 is 10.6 Å². The van der Waals surface area contributed by atoms with E-state index in [4.69, 9.17) is 0 Å². The SMILES string of the molecule is OS1(O)C=Cc2c(Nc3nccc(Nc4n[nH]c5ccc(F)cc45)n3)cccc21. The van der Waals surface area contributed by atoms with Crippen molar-refractivity contribution in [1.82, 2.24) is 20.2 Å². The summed E-state index contributed by atoms with van der Waals surface area (Å²) >= 11 is 0. The molecule has 0 aliphatic carbocycles. The topological polar surface area (TPSA) is 119 Å². The van der Waals surface area contributed by atoms with Crippen molar-refractivity contribution < 1.29 is 13.5 Å². The van der Waals surface area contributed by atoms with E-state index in [1.807, 2.05) is 0 Å². The average molecular weight is 410 g/mol. The van der Waals surface area contributed by atoms with Gasteiger partial charge in [-0.25, -0.2) is 9.37 Å². The first-order chi connectivity index (χ1) is 14.0. The van der Waals surface area contributed by atoms with Gasteiger partial charge < -0.3 is 10.6 Å². The molecule has 0 fully saturated rings. The molecule has 0 radical (unpaired) electrons. The van der Waals surface area contributed by atoms with Crippen LogP contribution in [0, 0.1) is 5.82 Å². The zero-order valence-corrected chi connectivity index (χ0v) is 15.6. The summed E-state index contributed by atoms with van der Waals surface area (Å²) in [7, 11) is -2.90. The number of hydrogen-bond acceptors (Lipinski definition) is 7. The van der Waals surface area contributed by atoms with E-state index >= 15 is 0 Å². The van der Waals surface area contributed by atoms with Gasteiger partial charge in [0, 0.05) is 22.6 Å². The summed E-state index contributed by atoms with van der Waals surface area (Å²) in [6, 6.07) is 11.2. The smallest absolute Gasteiger partial charge is 0.229 e. The maximum Gasteiger partial charge on any atom is 0.229 e. The summed E-state index contributed by atoms with van der Waals surface area (Å²) in [5.74, 6) is 0.865. The summed E-state index contributed by atoms with van der Waals surface area (Å²) in [4.78, 5) is 9.08. The number of aromatic amines is 1. The van der Waals surface area contributed by atoms with E-state index in [9.17, 15) is 13.5 Å². The van der Waals surface area contributed by atoms with Gasteiger partial charge in [-0.05, 0) is 42.5 Å². The Hall–Kier alpha value is -3.47. The molecule has 10 heteroatoms. The van der Waals surface area contributed by atoms with Gasteiger partial charge >= 0.3 is 0 Å². The van der Waals surface area contributed by atoms with Gasteiger partial charge in [0.1, 0.15) is 11.6 Å². The molecule has 0 atom stereocenters. The Balaban J connectivity index is 1.43. The van der Waals surface area contributed by atoms with Crippen LogP contribution in [0.3, 0.4) is 0 Å². The van der Waals surface area contributed by atoms with Crippen LogP contribution in [0.2, 0.25) is 0 Å². The lowest BCUT2D eigenvalue weighted by molar-refractivity contribution is 0.501. The number of halogens is 1. The van der Waals surface area contributed by atoms with Crippen LogP contribution in [0.15, 0.2) is 59.0 Å². The summed E-state index contributed by atoms with van der Waals surface area (Å²) < 4.78 is 33.7. The van der Waals surface area contributed by atoms with Crippen LogP contribution in [0.1, 0.15) is 5.56 Å². The van der Waals surface area contributed by atoms with Crippen LogP contribution in [-0.4, -0.2) is 29.3 Å². The maximum absolute atomic E-state index is 13.6. The monoisotopic (exact) mass is 410 g/mol. The summed E-state index contributed by atoms with van der Waals surface area (Å²) in [6.07, 6.45) is 3.24. The van der Waals surface area contributed by atoms with Crippen LogP contribution in [-0.2, 0) is 0 Å². The van der Waals surface area contributed by atoms with Gasteiger partial charge in [0.15, 0.2) is 5.82 Å². The predicted octanol–water partition coefficient (Wildman–Crippen LogP) is 5.07. The molecule has 2 aromatic carbocycles. The van der Waals surface area contributed by atoms with Crippen molar-refractivity contribution in [2.45, 2.75) is 4.90 Å². The lowest BCUT2D eigenvalue weighted by Gasteiger charge is -2.25. The van der Waals surface area contributed by atoms with Crippen LogP contribution < -0.4 is 10.6 Å². The number of aromatic nitrogens is 4. The lowest BCUT2D eigenvalue weighted by atomic mass is 10.2. The molecule has 0 spiro atoms. The minimum atomic E-state index is -2.90. The zero-order chi connectivity index (χ0) is 20.0. The van der Waals surface area contributed by atoms with Gasteiger partial charge in [-0.2, -0.15) is 10.1 Å². The molecule has 0 saturated heterocycles. The largest absolute Gasteiger partial charge is 0.323 e. The number of nitrogens with zero attached hydrogens (tertiary/aromatic N) is 3. The van der Waals surface area contributed by atoms with Gasteiger partial charge in [0.25, 0.3) is 0 Å². The zero-order valence-electron chi connectivity index (χ0n) is 14.8. The fourth-order valence-electron chi connectivity index (χ4n) is 3.13. The Labute approximate surface area is 165 Å². The van der Waals surface area contributed by atoms with Gasteiger partial charge in [0.05, 0.1) is 16.1 Å². The number of hydrogen-bond donors (Lipinski definition) is 5. The third kappa shape index (κ3) is 3.18. The molecule has 3 heterocycles. The van der Waals surface area contributed by atoms with E-state index in [1.165, 1.54) is 17.5 Å². The third-order valence-electron chi connectivity index (χ3n) is 4.49. The van der Waals surface area contributed by atoms with Crippen molar-refractivity contribution in [3.8, 4) is 0 Å². The quantitative estimate of drug-likeness (QED) is 0.318. The maximum atomic E-state index is 13.6. The second-order valence-corrected chi connectivity index (χ2v) is 8.29. The van der Waals surface area contributed by atoms with Crippen molar-refractivity contribution in [1.29, 1.82) is 0 Å². The third-order valence-corrected chi connectivity index (χ3v) is 6.01. The standard InChI is InChI=1S/C19H15FN6O2S/c20-11-4-5-15-13(10-11)18(26-25-15)23-17-6-8-21-19(24-17)22-14-2-1-3-16-12(14)7-9-29(16,27)28/h1-10,27-28H,(H3,21,22,23,24,25,26). The fraction of sp³-hybridized carbons (Fsp3) is 0. The average Bonchev–Trinajstić information content (AvgIpc) is 3.23. The molecule has 2 aromatic heterocycles. The normalized spacial score (nSPS) is 15.3. The van der Waals surface area contributed by atoms with E-state index < -0.39 is 10.6 Å². The number of H-pyrrole nitrogens is 1. The first-order valence-corrected chi connectivity index (χ1v) is 10.2. The number of anilines is 4. The molecule has 146 valence electrons. The highest BCUT2D eigenvalue weighted by atomic mass is 32.3. The molecular formula is C19H15FN6O2S. The van der Waals surface area contributed by atoms with Crippen molar-refractivity contribution in [3.05, 3.63) is 65.5 Å². The molecule has 0 bridgehead atoms. The molecule has 5 N–H and O–H groups in total. The molecule has 1 aliphatic rings. The molecule has 1 aliphatic heterocycles. The summed E-state index contributed by atoms with van der Waals surface area (Å²) in [5, 5.41) is 15.1. The second-order valence-electron chi connectivity index (χ2n) is 6.39. The highest BCUT2D eigenvalue weighted by Gasteiger charge is 2.23.